The number of rotatable bonds is 4. The van der Waals surface area contributed by atoms with Gasteiger partial charge < -0.3 is 4.74 Å². The van der Waals surface area contributed by atoms with Gasteiger partial charge in [0.05, 0.1) is 12.1 Å². The SMILES string of the molecule is O=C(Cc1csc(N2CCCC2=O)n1)O[C@H]1CCCCc2c(Br)cccc21. The molecule has 0 radical (unpaired) electrons. The summed E-state index contributed by atoms with van der Waals surface area (Å²) in [4.78, 5) is 30.6. The number of hydrogen-bond donors (Lipinski definition) is 0. The summed E-state index contributed by atoms with van der Waals surface area (Å²) < 4.78 is 6.92. The van der Waals surface area contributed by atoms with Crippen LogP contribution >= 0.6 is 27.3 Å². The zero-order valence-corrected chi connectivity index (χ0v) is 17.4. The second-order valence-corrected chi connectivity index (χ2v) is 8.67. The number of carbonyl (C=O) groups excluding carboxylic acids is 2. The normalized spacial score (nSPS) is 19.7. The van der Waals surface area contributed by atoms with Gasteiger partial charge in [0, 0.05) is 22.8 Å². The molecule has 1 saturated heterocycles. The third-order valence-electron chi connectivity index (χ3n) is 5.09. The number of aromatic nitrogens is 1. The van der Waals surface area contributed by atoms with Gasteiger partial charge in [0.2, 0.25) is 5.91 Å². The molecule has 1 amide bonds. The zero-order chi connectivity index (χ0) is 18.8. The molecular formula is C20H21BrN2O3S. The largest absolute Gasteiger partial charge is 0.457 e. The number of hydrogen-bond acceptors (Lipinski definition) is 5. The first-order valence-corrected chi connectivity index (χ1v) is 11.0. The van der Waals surface area contributed by atoms with E-state index in [2.05, 4.69) is 27.0 Å². The van der Waals surface area contributed by atoms with Crippen LogP contribution in [-0.2, 0) is 27.2 Å². The number of esters is 1. The van der Waals surface area contributed by atoms with Crippen LogP contribution in [0.1, 0.15) is 55.0 Å². The molecule has 0 unspecified atom stereocenters. The van der Waals surface area contributed by atoms with Crippen LogP contribution in [0.4, 0.5) is 5.13 Å². The van der Waals surface area contributed by atoms with Crippen molar-refractivity contribution in [1.29, 1.82) is 0 Å². The number of carbonyl (C=O) groups is 2. The Morgan fingerprint density at radius 1 is 1.30 bits per heavy atom. The van der Waals surface area contributed by atoms with Crippen molar-refractivity contribution >= 4 is 44.3 Å². The van der Waals surface area contributed by atoms with Crippen molar-refractivity contribution in [2.45, 2.75) is 51.0 Å². The Morgan fingerprint density at radius 3 is 3.00 bits per heavy atom. The van der Waals surface area contributed by atoms with Crippen LogP contribution in [0.15, 0.2) is 28.1 Å². The Kier molecular flexibility index (Phi) is 5.59. The Labute approximate surface area is 170 Å². The lowest BCUT2D eigenvalue weighted by atomic mass is 10.0. The van der Waals surface area contributed by atoms with Crippen LogP contribution in [0.3, 0.4) is 0 Å². The number of halogens is 1. The van der Waals surface area contributed by atoms with Crippen molar-refractivity contribution in [1.82, 2.24) is 4.98 Å². The Bertz CT molecular complexity index is 867. The van der Waals surface area contributed by atoms with E-state index in [0.29, 0.717) is 23.8 Å². The first-order valence-electron chi connectivity index (χ1n) is 9.33. The summed E-state index contributed by atoms with van der Waals surface area (Å²) in [6.45, 7) is 0.712. The minimum Gasteiger partial charge on any atom is -0.457 e. The number of thiazole rings is 1. The molecule has 142 valence electrons. The molecule has 0 spiro atoms. The van der Waals surface area contributed by atoms with Crippen molar-refractivity contribution in [2.75, 3.05) is 11.4 Å². The van der Waals surface area contributed by atoms with Crippen LogP contribution in [-0.4, -0.2) is 23.4 Å². The van der Waals surface area contributed by atoms with E-state index < -0.39 is 0 Å². The van der Waals surface area contributed by atoms with Crippen LogP contribution in [0, 0.1) is 0 Å². The molecule has 5 nitrogen and oxygen atoms in total. The second-order valence-electron chi connectivity index (χ2n) is 6.98. The average Bonchev–Trinajstić information content (AvgIpc) is 3.21. The average molecular weight is 449 g/mol. The molecule has 2 aromatic rings. The summed E-state index contributed by atoms with van der Waals surface area (Å²) in [5.74, 6) is -0.156. The lowest BCUT2D eigenvalue weighted by Gasteiger charge is -2.19. The molecule has 4 rings (SSSR count). The maximum Gasteiger partial charge on any atom is 0.312 e. The van der Waals surface area contributed by atoms with Crippen molar-refractivity contribution in [2.24, 2.45) is 0 Å². The van der Waals surface area contributed by atoms with Gasteiger partial charge >= 0.3 is 5.97 Å². The molecule has 1 aromatic heterocycles. The van der Waals surface area contributed by atoms with E-state index in [1.807, 2.05) is 17.5 Å². The molecule has 1 aliphatic carbocycles. The summed E-state index contributed by atoms with van der Waals surface area (Å²) in [5.41, 5.74) is 3.02. The second kappa shape index (κ2) is 8.10. The van der Waals surface area contributed by atoms with Gasteiger partial charge in [-0.1, -0.05) is 28.1 Å². The first-order chi connectivity index (χ1) is 13.1. The van der Waals surface area contributed by atoms with E-state index in [1.165, 1.54) is 16.9 Å². The van der Waals surface area contributed by atoms with E-state index in [0.717, 1.165) is 42.1 Å². The van der Waals surface area contributed by atoms with Gasteiger partial charge in [0.1, 0.15) is 6.10 Å². The number of ether oxygens (including phenoxy) is 1. The van der Waals surface area contributed by atoms with Gasteiger partial charge in [-0.3, -0.25) is 14.5 Å². The molecule has 1 fully saturated rings. The lowest BCUT2D eigenvalue weighted by Crippen LogP contribution is -2.23. The molecule has 1 aromatic carbocycles. The highest BCUT2D eigenvalue weighted by Gasteiger charge is 2.26. The summed E-state index contributed by atoms with van der Waals surface area (Å²) in [6.07, 6.45) is 5.37. The third-order valence-corrected chi connectivity index (χ3v) is 6.74. The van der Waals surface area contributed by atoms with Crippen LogP contribution in [0.25, 0.3) is 0 Å². The molecule has 7 heteroatoms. The fourth-order valence-corrected chi connectivity index (χ4v) is 5.20. The summed E-state index contributed by atoms with van der Waals surface area (Å²) in [6, 6.07) is 6.09. The molecule has 1 atom stereocenters. The predicted octanol–water partition coefficient (Wildman–Crippen LogP) is 4.59. The summed E-state index contributed by atoms with van der Waals surface area (Å²) in [5, 5.41) is 2.53. The van der Waals surface area contributed by atoms with Crippen molar-refractivity contribution < 1.29 is 14.3 Å². The molecule has 27 heavy (non-hydrogen) atoms. The topological polar surface area (TPSA) is 59.5 Å². The Hall–Kier alpha value is -1.73. The molecule has 0 saturated carbocycles. The number of benzene rings is 1. The summed E-state index contributed by atoms with van der Waals surface area (Å²) in [7, 11) is 0. The maximum atomic E-state index is 12.5. The lowest BCUT2D eigenvalue weighted by molar-refractivity contribution is -0.149. The fourth-order valence-electron chi connectivity index (χ4n) is 3.75. The Balaban J connectivity index is 1.44. The van der Waals surface area contributed by atoms with Crippen LogP contribution in [0.2, 0.25) is 0 Å². The third kappa shape index (κ3) is 4.09. The molecule has 0 N–H and O–H groups in total. The first kappa shape index (κ1) is 18.6. The predicted molar refractivity (Wildman–Crippen MR) is 108 cm³/mol. The molecule has 1 aliphatic heterocycles. The van der Waals surface area contributed by atoms with Gasteiger partial charge in [-0.25, -0.2) is 4.98 Å². The van der Waals surface area contributed by atoms with Gasteiger partial charge in [-0.15, -0.1) is 11.3 Å². The highest BCUT2D eigenvalue weighted by atomic mass is 79.9. The van der Waals surface area contributed by atoms with Crippen LogP contribution < -0.4 is 4.90 Å². The maximum absolute atomic E-state index is 12.5. The van der Waals surface area contributed by atoms with Gasteiger partial charge in [0.25, 0.3) is 0 Å². The Morgan fingerprint density at radius 2 is 2.19 bits per heavy atom. The molecule has 2 aliphatic rings. The molecule has 2 heterocycles. The number of nitrogens with zero attached hydrogens (tertiary/aromatic N) is 2. The standard InChI is InChI=1S/C20H21BrN2O3S/c21-16-7-3-6-15-14(16)5-1-2-8-17(15)26-19(25)11-13-12-27-20(22-13)23-10-4-9-18(23)24/h3,6-7,12,17H,1-2,4-5,8-11H2/t17-/m0/s1. The number of fused-ring (bicyclic) bond motifs is 1. The monoisotopic (exact) mass is 448 g/mol. The van der Waals surface area contributed by atoms with Gasteiger partial charge in [-0.2, -0.15) is 0 Å². The van der Waals surface area contributed by atoms with E-state index in [-0.39, 0.29) is 24.4 Å². The fraction of sp³-hybridized carbons (Fsp3) is 0.450. The highest BCUT2D eigenvalue weighted by molar-refractivity contribution is 9.10. The van der Waals surface area contributed by atoms with E-state index in [9.17, 15) is 9.59 Å². The number of amides is 1. The smallest absolute Gasteiger partial charge is 0.312 e. The molecule has 0 bridgehead atoms. The van der Waals surface area contributed by atoms with Crippen LogP contribution in [0.5, 0.6) is 0 Å². The van der Waals surface area contributed by atoms with Crippen molar-refractivity contribution in [3.63, 3.8) is 0 Å². The summed E-state index contributed by atoms with van der Waals surface area (Å²) >= 11 is 5.04. The zero-order valence-electron chi connectivity index (χ0n) is 14.9. The number of anilines is 1. The van der Waals surface area contributed by atoms with Crippen molar-refractivity contribution in [3.05, 3.63) is 44.9 Å². The van der Waals surface area contributed by atoms with Gasteiger partial charge in [-0.05, 0) is 49.3 Å². The van der Waals surface area contributed by atoms with Crippen molar-refractivity contribution in [3.8, 4) is 0 Å². The minimum absolute atomic E-state index is 0.110. The van der Waals surface area contributed by atoms with E-state index in [1.54, 1.807) is 4.90 Å². The minimum atomic E-state index is -0.266. The quantitative estimate of drug-likeness (QED) is 0.506. The molecular weight excluding hydrogens is 428 g/mol. The van der Waals surface area contributed by atoms with Gasteiger partial charge in [0.15, 0.2) is 5.13 Å². The van der Waals surface area contributed by atoms with E-state index >= 15 is 0 Å². The highest BCUT2D eigenvalue weighted by Crippen LogP contribution is 2.35. The van der Waals surface area contributed by atoms with E-state index in [4.69, 9.17) is 4.74 Å².